The van der Waals surface area contributed by atoms with Crippen LogP contribution in [0.4, 0.5) is 0 Å². The summed E-state index contributed by atoms with van der Waals surface area (Å²) in [6.07, 6.45) is 0.969. The zero-order valence-corrected chi connectivity index (χ0v) is 21.2. The van der Waals surface area contributed by atoms with Crippen molar-refractivity contribution in [3.05, 3.63) is 121 Å². The van der Waals surface area contributed by atoms with Gasteiger partial charge in [0.25, 0.3) is 0 Å². The van der Waals surface area contributed by atoms with Gasteiger partial charge in [-0.1, -0.05) is 0 Å². The third-order valence-electron chi connectivity index (χ3n) is 4.97. The molecule has 4 rings (SSSR count). The molecule has 160 valence electrons. The predicted octanol–water partition coefficient (Wildman–Crippen LogP) is 6.50. The molecule has 0 aliphatic rings. The van der Waals surface area contributed by atoms with E-state index in [0.29, 0.717) is 0 Å². The van der Waals surface area contributed by atoms with Gasteiger partial charge in [-0.3, -0.25) is 0 Å². The molecule has 0 aliphatic carbocycles. The normalized spacial score (nSPS) is 12.7. The van der Waals surface area contributed by atoms with E-state index in [1.54, 1.807) is 0 Å². The van der Waals surface area contributed by atoms with Gasteiger partial charge < -0.3 is 0 Å². The summed E-state index contributed by atoms with van der Waals surface area (Å²) in [7, 11) is 12.4. The van der Waals surface area contributed by atoms with E-state index in [1.165, 1.54) is 21.2 Å². The predicted molar refractivity (Wildman–Crippen MR) is 139 cm³/mol. The van der Waals surface area contributed by atoms with Gasteiger partial charge >= 0.3 is 201 Å². The van der Waals surface area contributed by atoms with Crippen LogP contribution in [0.2, 0.25) is 0 Å². The van der Waals surface area contributed by atoms with Crippen LogP contribution < -0.4 is 21.2 Å². The Bertz CT molecular complexity index is 969. The molecule has 0 aromatic heterocycles. The molecular weight excluding hydrogens is 504 g/mol. The third kappa shape index (κ3) is 5.99. The molecule has 1 atom stereocenters. The average molecular weight is 527 g/mol. The van der Waals surface area contributed by atoms with Gasteiger partial charge in [-0.15, -0.1) is 0 Å². The van der Waals surface area contributed by atoms with Gasteiger partial charge in [-0.2, -0.15) is 0 Å². The van der Waals surface area contributed by atoms with Crippen LogP contribution in [-0.2, 0) is 11.9 Å². The van der Waals surface area contributed by atoms with Crippen LogP contribution in [0.15, 0.2) is 121 Å². The van der Waals surface area contributed by atoms with Crippen LogP contribution in [0, 0.1) is 0 Å². The maximum atomic E-state index is 6.81. The molecule has 0 saturated heterocycles. The fourth-order valence-electron chi connectivity index (χ4n) is 3.55. The van der Waals surface area contributed by atoms with Crippen molar-refractivity contribution < 1.29 is 11.9 Å². The molecule has 0 radical (unpaired) electrons. The quantitative estimate of drug-likeness (QED) is 0.230. The van der Waals surface area contributed by atoms with Crippen LogP contribution >= 0.6 is 36.1 Å². The summed E-state index contributed by atoms with van der Waals surface area (Å²) in [5, 5.41) is 5.40. The molecule has 31 heavy (non-hydrogen) atoms. The topological polar surface area (TPSA) is 0 Å². The SMILES string of the molecule is [Cl][Co]([Cl])[CH](CP(c1ccccc1)c1ccccc1)P(c1ccccc1)c1ccccc1. The molecule has 1 unspecified atom stereocenters. The summed E-state index contributed by atoms with van der Waals surface area (Å²) in [5.41, 5.74) is 0. The maximum absolute atomic E-state index is 6.81. The first-order chi connectivity index (χ1) is 15.2. The number of rotatable bonds is 8. The van der Waals surface area contributed by atoms with E-state index < -0.39 is 27.7 Å². The number of benzene rings is 4. The second kappa shape index (κ2) is 11.6. The summed E-state index contributed by atoms with van der Waals surface area (Å²) < 4.78 is 0.196. The van der Waals surface area contributed by atoms with Gasteiger partial charge in [0, 0.05) is 0 Å². The Labute approximate surface area is 200 Å². The van der Waals surface area contributed by atoms with Crippen LogP contribution in [0.3, 0.4) is 0 Å². The summed E-state index contributed by atoms with van der Waals surface area (Å²) >= 11 is -1.15. The van der Waals surface area contributed by atoms with Gasteiger partial charge in [0.2, 0.25) is 0 Å². The fourth-order valence-corrected chi connectivity index (χ4v) is 14.2. The Morgan fingerprint density at radius 1 is 0.516 bits per heavy atom. The molecule has 5 heteroatoms. The van der Waals surface area contributed by atoms with E-state index in [2.05, 4.69) is 121 Å². The molecule has 0 N–H and O–H groups in total. The van der Waals surface area contributed by atoms with E-state index in [0.717, 1.165) is 6.16 Å². The second-order valence-corrected chi connectivity index (χ2v) is 16.1. The zero-order valence-electron chi connectivity index (χ0n) is 16.8. The van der Waals surface area contributed by atoms with Gasteiger partial charge in [-0.25, -0.2) is 0 Å². The van der Waals surface area contributed by atoms with Crippen molar-refractivity contribution in [3.63, 3.8) is 0 Å². The molecular formula is C26H23Cl2CoP2. The van der Waals surface area contributed by atoms with Crippen LogP contribution in [0.5, 0.6) is 0 Å². The summed E-state index contributed by atoms with van der Waals surface area (Å²) in [6.45, 7) is 0. The van der Waals surface area contributed by atoms with Crippen molar-refractivity contribution in [1.82, 2.24) is 0 Å². The van der Waals surface area contributed by atoms with Gasteiger partial charge in [-0.05, 0) is 0 Å². The first kappa shape index (κ1) is 23.0. The second-order valence-electron chi connectivity index (χ2n) is 6.92. The molecule has 0 aliphatic heterocycles. The zero-order chi connectivity index (χ0) is 21.5. The molecule has 0 nitrogen and oxygen atoms in total. The van der Waals surface area contributed by atoms with Crippen molar-refractivity contribution >= 4 is 57.4 Å². The number of hydrogen-bond acceptors (Lipinski definition) is 0. The van der Waals surface area contributed by atoms with Crippen molar-refractivity contribution in [2.45, 2.75) is 4.59 Å². The van der Waals surface area contributed by atoms with Gasteiger partial charge in [0.05, 0.1) is 0 Å². The molecule has 0 amide bonds. The summed E-state index contributed by atoms with van der Waals surface area (Å²) in [6, 6.07) is 43.2. The van der Waals surface area contributed by atoms with Gasteiger partial charge in [0.1, 0.15) is 0 Å². The van der Waals surface area contributed by atoms with E-state index in [4.69, 9.17) is 20.3 Å². The molecule has 0 fully saturated rings. The first-order valence-corrected chi connectivity index (χ1v) is 16.4. The minimum absolute atomic E-state index is 0.196. The van der Waals surface area contributed by atoms with Crippen molar-refractivity contribution in [2.75, 3.05) is 6.16 Å². The van der Waals surface area contributed by atoms with E-state index in [-0.39, 0.29) is 4.59 Å². The summed E-state index contributed by atoms with van der Waals surface area (Å²) in [4.78, 5) is 0. The Morgan fingerprint density at radius 3 is 1.16 bits per heavy atom. The van der Waals surface area contributed by atoms with E-state index >= 15 is 0 Å². The molecule has 4 aromatic rings. The third-order valence-corrected chi connectivity index (χ3v) is 15.1. The Balaban J connectivity index is 1.78. The Hall–Kier alpha value is -1.17. The molecule has 0 spiro atoms. The Kier molecular flexibility index (Phi) is 8.62. The summed E-state index contributed by atoms with van der Waals surface area (Å²) in [5.74, 6) is 0. The molecule has 0 heterocycles. The average Bonchev–Trinajstić information content (AvgIpc) is 2.84. The monoisotopic (exact) mass is 526 g/mol. The first-order valence-electron chi connectivity index (χ1n) is 9.96. The van der Waals surface area contributed by atoms with Crippen LogP contribution in [0.1, 0.15) is 0 Å². The van der Waals surface area contributed by atoms with Crippen LogP contribution in [0.25, 0.3) is 0 Å². The minimum atomic E-state index is -1.15. The fraction of sp³-hybridized carbons (Fsp3) is 0.0769. The van der Waals surface area contributed by atoms with Crippen molar-refractivity contribution in [2.24, 2.45) is 0 Å². The molecule has 4 aromatic carbocycles. The van der Waals surface area contributed by atoms with E-state index in [9.17, 15) is 0 Å². The van der Waals surface area contributed by atoms with Gasteiger partial charge in [0.15, 0.2) is 0 Å². The van der Waals surface area contributed by atoms with E-state index in [1.807, 2.05) is 0 Å². The Morgan fingerprint density at radius 2 is 0.839 bits per heavy atom. The standard InChI is InChI=1S/C26H23P2.2ClH.Co/c1-5-13-23(14-6-1)27(24-15-7-2-8-16-24)21-22-28(25-17-9-3-10-18-25)26-19-11-4-12-20-26;;;/h1-21H,22H2;2*1H;/q;;;+2/p-2. The number of hydrogen-bond donors (Lipinski definition) is 0. The number of halogens is 2. The molecule has 0 saturated carbocycles. The van der Waals surface area contributed by atoms with Crippen molar-refractivity contribution in [3.8, 4) is 0 Å². The van der Waals surface area contributed by atoms with Crippen LogP contribution in [-0.4, -0.2) is 10.8 Å². The molecule has 0 bridgehead atoms. The van der Waals surface area contributed by atoms with Crippen molar-refractivity contribution in [1.29, 1.82) is 0 Å².